The van der Waals surface area contributed by atoms with Crippen molar-refractivity contribution in [3.05, 3.63) is 35.1 Å². The van der Waals surface area contributed by atoms with Crippen LogP contribution in [0.5, 0.6) is 5.75 Å². The van der Waals surface area contributed by atoms with E-state index in [1.54, 1.807) is 38.2 Å². The lowest BCUT2D eigenvalue weighted by Gasteiger charge is -2.25. The Kier molecular flexibility index (Phi) is 6.51. The number of amides is 1. The summed E-state index contributed by atoms with van der Waals surface area (Å²) in [6, 6.07) is 6.72. The van der Waals surface area contributed by atoms with Gasteiger partial charge >= 0.3 is 0 Å². The molecule has 0 bridgehead atoms. The molecule has 1 fully saturated rings. The zero-order valence-electron chi connectivity index (χ0n) is 15.5. The largest absolute Gasteiger partial charge is 0.486 e. The molecular weight excluding hydrogens is 424 g/mol. The van der Waals surface area contributed by atoms with E-state index in [0.717, 1.165) is 0 Å². The van der Waals surface area contributed by atoms with Crippen molar-refractivity contribution >= 4 is 39.1 Å². The van der Waals surface area contributed by atoms with E-state index < -0.39 is 15.1 Å². The first-order chi connectivity index (χ1) is 13.2. The number of rotatable bonds is 7. The molecule has 28 heavy (non-hydrogen) atoms. The van der Waals surface area contributed by atoms with Crippen LogP contribution < -0.4 is 4.74 Å². The average molecular weight is 445 g/mol. The third-order valence-electron chi connectivity index (χ3n) is 4.43. The number of benzene rings is 1. The quantitative estimate of drug-likeness (QED) is 0.652. The number of hydrogen-bond donors (Lipinski definition) is 1. The van der Waals surface area contributed by atoms with Crippen LogP contribution in [0, 0.1) is 0 Å². The summed E-state index contributed by atoms with van der Waals surface area (Å²) in [5.74, 6) is 1.21. The second-order valence-corrected chi connectivity index (χ2v) is 10.5. The van der Waals surface area contributed by atoms with Gasteiger partial charge in [-0.15, -0.1) is 5.10 Å². The molecule has 0 radical (unpaired) electrons. The fourth-order valence-corrected chi connectivity index (χ4v) is 5.58. The summed E-state index contributed by atoms with van der Waals surface area (Å²) in [7, 11) is -1.39. The van der Waals surface area contributed by atoms with Gasteiger partial charge in [0.15, 0.2) is 15.7 Å². The molecule has 8 nitrogen and oxygen atoms in total. The van der Waals surface area contributed by atoms with Gasteiger partial charge in [0.1, 0.15) is 12.4 Å². The maximum atomic E-state index is 12.6. The van der Waals surface area contributed by atoms with E-state index in [0.29, 0.717) is 28.2 Å². The van der Waals surface area contributed by atoms with Gasteiger partial charge in [-0.25, -0.2) is 13.4 Å². The number of halogens is 1. The van der Waals surface area contributed by atoms with Crippen LogP contribution in [-0.2, 0) is 21.2 Å². The topological polar surface area (TPSA) is 105 Å². The van der Waals surface area contributed by atoms with Crippen molar-refractivity contribution in [2.45, 2.75) is 36.4 Å². The Morgan fingerprint density at radius 3 is 2.79 bits per heavy atom. The summed E-state index contributed by atoms with van der Waals surface area (Å²) < 4.78 is 28.9. The van der Waals surface area contributed by atoms with Crippen LogP contribution in [-0.4, -0.2) is 64.3 Å². The number of H-pyrrole nitrogens is 1. The normalized spacial score (nSPS) is 19.3. The monoisotopic (exact) mass is 444 g/mol. The molecule has 1 aromatic heterocycles. The van der Waals surface area contributed by atoms with Gasteiger partial charge in [0.05, 0.1) is 16.8 Å². The lowest BCUT2D eigenvalue weighted by Crippen LogP contribution is -2.41. The van der Waals surface area contributed by atoms with Gasteiger partial charge in [0, 0.05) is 18.1 Å². The molecule has 11 heteroatoms. The molecule has 2 atom stereocenters. The molecule has 1 aliphatic heterocycles. The van der Waals surface area contributed by atoms with E-state index in [1.165, 1.54) is 16.7 Å². The summed E-state index contributed by atoms with van der Waals surface area (Å²) in [5, 5.41) is 7.52. The molecule has 0 unspecified atom stereocenters. The number of ether oxygens (including phenoxy) is 1. The van der Waals surface area contributed by atoms with Crippen LogP contribution in [0.15, 0.2) is 29.4 Å². The van der Waals surface area contributed by atoms with Crippen molar-refractivity contribution in [2.75, 3.05) is 18.6 Å². The number of carbonyl (C=O) groups excluding carboxylic acids is 1. The third kappa shape index (κ3) is 5.39. The molecule has 2 heterocycles. The summed E-state index contributed by atoms with van der Waals surface area (Å²) in [5.41, 5.74) is 0. The van der Waals surface area contributed by atoms with E-state index in [2.05, 4.69) is 15.2 Å². The fraction of sp³-hybridized carbons (Fsp3) is 0.471. The van der Waals surface area contributed by atoms with Crippen LogP contribution in [0.2, 0.25) is 5.02 Å². The molecule has 1 saturated heterocycles. The van der Waals surface area contributed by atoms with E-state index in [1.807, 2.05) is 0 Å². The zero-order chi connectivity index (χ0) is 20.3. The molecule has 0 saturated carbocycles. The van der Waals surface area contributed by atoms with Crippen LogP contribution in [0.1, 0.15) is 19.2 Å². The highest BCUT2D eigenvalue weighted by molar-refractivity contribution is 8.00. The summed E-state index contributed by atoms with van der Waals surface area (Å²) in [6.07, 6.45) is 0.481. The van der Waals surface area contributed by atoms with Gasteiger partial charge < -0.3 is 9.64 Å². The van der Waals surface area contributed by atoms with Crippen LogP contribution >= 0.6 is 23.4 Å². The number of sulfone groups is 1. The first kappa shape index (κ1) is 20.9. The molecular formula is C17H21ClN4O4S2. The van der Waals surface area contributed by atoms with Crippen LogP contribution in [0.25, 0.3) is 0 Å². The molecule has 3 rings (SSSR count). The van der Waals surface area contributed by atoms with E-state index in [9.17, 15) is 13.2 Å². The number of carbonyl (C=O) groups is 1. The molecule has 1 aliphatic rings. The van der Waals surface area contributed by atoms with Gasteiger partial charge in [-0.1, -0.05) is 23.4 Å². The average Bonchev–Trinajstić information content (AvgIpc) is 3.25. The van der Waals surface area contributed by atoms with Crippen molar-refractivity contribution in [1.82, 2.24) is 20.1 Å². The molecule has 0 aliphatic carbocycles. The number of aromatic nitrogens is 3. The highest BCUT2D eigenvalue weighted by Gasteiger charge is 2.34. The van der Waals surface area contributed by atoms with Gasteiger partial charge in [-0.2, -0.15) is 0 Å². The van der Waals surface area contributed by atoms with E-state index in [4.69, 9.17) is 16.3 Å². The molecule has 1 amide bonds. The Morgan fingerprint density at radius 1 is 1.43 bits per heavy atom. The first-order valence-electron chi connectivity index (χ1n) is 8.67. The van der Waals surface area contributed by atoms with Crippen molar-refractivity contribution < 1.29 is 17.9 Å². The van der Waals surface area contributed by atoms with E-state index >= 15 is 0 Å². The Hall–Kier alpha value is -1.78. The number of nitrogens with one attached hydrogen (secondary N) is 1. The minimum absolute atomic E-state index is 0.0272. The highest BCUT2D eigenvalue weighted by Crippen LogP contribution is 2.24. The molecule has 1 N–H and O–H groups in total. The maximum absolute atomic E-state index is 12.6. The van der Waals surface area contributed by atoms with Gasteiger partial charge in [0.2, 0.25) is 11.1 Å². The Bertz CT molecular complexity index is 933. The SMILES string of the molecule is C[C@H](Sc1n[nH]c(COc2ccc(Cl)cc2)n1)C(=O)N(C)[C@@H]1CCS(=O)(=O)C1. The van der Waals surface area contributed by atoms with Crippen molar-refractivity contribution in [2.24, 2.45) is 0 Å². The lowest BCUT2D eigenvalue weighted by atomic mass is 10.2. The molecule has 0 spiro atoms. The minimum Gasteiger partial charge on any atom is -0.486 e. The molecule has 2 aromatic rings. The van der Waals surface area contributed by atoms with Crippen molar-refractivity contribution in [3.8, 4) is 5.75 Å². The first-order valence-corrected chi connectivity index (χ1v) is 11.7. The highest BCUT2D eigenvalue weighted by atomic mass is 35.5. The second-order valence-electron chi connectivity index (χ2n) is 6.57. The lowest BCUT2D eigenvalue weighted by molar-refractivity contribution is -0.130. The molecule has 152 valence electrons. The smallest absolute Gasteiger partial charge is 0.235 e. The Morgan fingerprint density at radius 2 is 2.14 bits per heavy atom. The number of nitrogens with zero attached hydrogens (tertiary/aromatic N) is 3. The fourth-order valence-electron chi connectivity index (χ4n) is 2.83. The number of aromatic amines is 1. The third-order valence-corrected chi connectivity index (χ3v) is 7.39. The van der Waals surface area contributed by atoms with Gasteiger partial charge in [0.25, 0.3) is 0 Å². The van der Waals surface area contributed by atoms with Gasteiger partial charge in [-0.05, 0) is 37.6 Å². The minimum atomic E-state index is -3.04. The summed E-state index contributed by atoms with van der Waals surface area (Å²) in [6.45, 7) is 1.96. The zero-order valence-corrected chi connectivity index (χ0v) is 17.9. The number of hydrogen-bond acceptors (Lipinski definition) is 7. The standard InChI is InChI=1S/C17H21ClN4O4S2/c1-11(16(23)22(2)13-7-8-28(24,25)10-13)27-17-19-15(20-21-17)9-26-14-5-3-12(18)4-6-14/h3-6,11,13H,7-10H2,1-2H3,(H,19,20,21)/t11-,13+/m0/s1. The molecule has 1 aromatic carbocycles. The predicted molar refractivity (Wildman–Crippen MR) is 107 cm³/mol. The van der Waals surface area contributed by atoms with Crippen LogP contribution in [0.3, 0.4) is 0 Å². The Labute approximate surface area is 172 Å². The van der Waals surface area contributed by atoms with Crippen molar-refractivity contribution in [3.63, 3.8) is 0 Å². The van der Waals surface area contributed by atoms with Crippen molar-refractivity contribution in [1.29, 1.82) is 0 Å². The second kappa shape index (κ2) is 8.71. The summed E-state index contributed by atoms with van der Waals surface area (Å²) in [4.78, 5) is 18.5. The maximum Gasteiger partial charge on any atom is 0.235 e. The van der Waals surface area contributed by atoms with Crippen LogP contribution in [0.4, 0.5) is 0 Å². The number of thioether (sulfide) groups is 1. The summed E-state index contributed by atoms with van der Waals surface area (Å²) >= 11 is 7.05. The van der Waals surface area contributed by atoms with Gasteiger partial charge in [-0.3, -0.25) is 9.89 Å². The Balaban J connectivity index is 1.52. The predicted octanol–water partition coefficient (Wildman–Crippen LogP) is 2.16. The van der Waals surface area contributed by atoms with E-state index in [-0.39, 0.29) is 30.1 Å².